The molecule has 2 unspecified atom stereocenters. The molecule has 0 saturated heterocycles. The molecule has 0 aliphatic carbocycles. The average molecular weight is 685 g/mol. The Labute approximate surface area is 288 Å². The van der Waals surface area contributed by atoms with E-state index in [1.54, 1.807) is 24.3 Å². The molecular formula is C38H44N4O4S2. The second kappa shape index (κ2) is 18.1. The fourth-order valence-corrected chi connectivity index (χ4v) is 9.51. The van der Waals surface area contributed by atoms with E-state index in [4.69, 9.17) is 0 Å². The quantitative estimate of drug-likeness (QED) is 0.113. The maximum Gasteiger partial charge on any atom is 0.287 e. The molecule has 0 spiro atoms. The van der Waals surface area contributed by atoms with Crippen molar-refractivity contribution >= 4 is 43.0 Å². The van der Waals surface area contributed by atoms with Crippen molar-refractivity contribution in [3.8, 4) is 0 Å². The molecule has 0 aliphatic rings. The summed E-state index contributed by atoms with van der Waals surface area (Å²) in [6.45, 7) is 6.49. The van der Waals surface area contributed by atoms with Crippen LogP contribution in [0.15, 0.2) is 109 Å². The number of rotatable bonds is 14. The number of hydrogen-bond acceptors (Lipinski definition) is 5. The van der Waals surface area contributed by atoms with Gasteiger partial charge in [-0.2, -0.15) is 0 Å². The molecule has 0 bridgehead atoms. The average Bonchev–Trinajstić information content (AvgIpc) is 3.10. The number of amides is 4. The smallest absolute Gasteiger partial charge is 0.287 e. The predicted molar refractivity (Wildman–Crippen MR) is 198 cm³/mol. The first kappa shape index (κ1) is 36.3. The summed E-state index contributed by atoms with van der Waals surface area (Å²) >= 11 is 0. The van der Waals surface area contributed by atoms with Crippen LogP contribution < -0.4 is 20.7 Å². The maximum absolute atomic E-state index is 14.0. The monoisotopic (exact) mass is 684 g/mol. The lowest BCUT2D eigenvalue weighted by Crippen LogP contribution is -2.49. The van der Waals surface area contributed by atoms with Gasteiger partial charge in [0.15, 0.2) is 0 Å². The highest BCUT2D eigenvalue weighted by molar-refractivity contribution is 8.99. The van der Waals surface area contributed by atoms with Crippen molar-refractivity contribution in [1.29, 1.82) is 0 Å². The van der Waals surface area contributed by atoms with Gasteiger partial charge in [0.2, 0.25) is 5.91 Å². The van der Waals surface area contributed by atoms with Gasteiger partial charge in [0.05, 0.1) is 0 Å². The van der Waals surface area contributed by atoms with E-state index in [2.05, 4.69) is 20.7 Å². The summed E-state index contributed by atoms with van der Waals surface area (Å²) in [5.41, 5.74) is 5.04. The van der Waals surface area contributed by atoms with Gasteiger partial charge < -0.3 is 16.0 Å². The van der Waals surface area contributed by atoms with Crippen molar-refractivity contribution in [2.45, 2.75) is 39.7 Å². The Bertz CT molecular complexity index is 1650. The first-order chi connectivity index (χ1) is 23.2. The molecule has 0 fully saturated rings. The number of carbonyl (C=O) groups excluding carboxylic acids is 4. The molecule has 0 heterocycles. The van der Waals surface area contributed by atoms with Crippen LogP contribution in [0.4, 0.5) is 4.79 Å². The van der Waals surface area contributed by atoms with Crippen LogP contribution in [0.2, 0.25) is 0 Å². The van der Waals surface area contributed by atoms with Crippen LogP contribution in [-0.4, -0.2) is 53.6 Å². The lowest BCUT2D eigenvalue weighted by atomic mass is 10.1. The van der Waals surface area contributed by atoms with Crippen molar-refractivity contribution in [3.63, 3.8) is 0 Å². The SMILES string of the molecule is CCS(NC(=O)c1ccc(C)cc1)(SCC(NC(=O)c1ccc(C)cc1)C(=O)NCCc1ccccc1)C(=O)NCCc1ccccc1. The third-order valence-electron chi connectivity index (χ3n) is 7.73. The number of aryl methyl sites for hydroxylation is 2. The summed E-state index contributed by atoms with van der Waals surface area (Å²) in [5.74, 6) is -0.742. The van der Waals surface area contributed by atoms with E-state index in [1.807, 2.05) is 106 Å². The molecule has 4 aromatic rings. The second-order valence-electron chi connectivity index (χ2n) is 11.4. The standard InChI is InChI=1S/C38H44N4O4S2/c1-4-48(42-36(44)33-21-17-29(3)18-22-33,38(46)40-26-24-31-13-9-6-10-14-31)47-27-34(41-35(43)32-19-15-28(2)16-20-32)37(45)39-25-23-30-11-7-5-8-12-30/h5-22,34H,4,23-27H2,1-3H3,(H,39,45)(H,40,46)(H,41,43)(H,42,44). The molecule has 8 nitrogen and oxygen atoms in total. The summed E-state index contributed by atoms with van der Waals surface area (Å²) in [4.78, 5) is 54.5. The summed E-state index contributed by atoms with van der Waals surface area (Å²) in [7, 11) is -1.37. The molecule has 4 amide bonds. The molecule has 48 heavy (non-hydrogen) atoms. The zero-order valence-corrected chi connectivity index (χ0v) is 29.3. The molecule has 252 valence electrons. The van der Waals surface area contributed by atoms with Gasteiger partial charge in [-0.1, -0.05) is 114 Å². The van der Waals surface area contributed by atoms with Gasteiger partial charge in [0.1, 0.15) is 6.04 Å². The van der Waals surface area contributed by atoms with Crippen LogP contribution in [-0.2, 0) is 17.6 Å². The van der Waals surface area contributed by atoms with Gasteiger partial charge in [-0.15, -0.1) is 0 Å². The van der Waals surface area contributed by atoms with Crippen molar-refractivity contribution in [2.24, 2.45) is 0 Å². The summed E-state index contributed by atoms with van der Waals surface area (Å²) in [6.07, 6.45) is 1.25. The molecule has 0 aliphatic heterocycles. The van der Waals surface area contributed by atoms with Gasteiger partial charge in [-0.25, -0.2) is 0 Å². The van der Waals surface area contributed by atoms with E-state index >= 15 is 0 Å². The second-order valence-corrected chi connectivity index (χ2v) is 16.9. The highest BCUT2D eigenvalue weighted by atomic mass is 33.2. The van der Waals surface area contributed by atoms with Crippen molar-refractivity contribution < 1.29 is 19.2 Å². The molecule has 4 rings (SSSR count). The van der Waals surface area contributed by atoms with Gasteiger partial charge in [0, 0.05) is 35.7 Å². The summed E-state index contributed by atoms with van der Waals surface area (Å²) in [5, 5.41) is 8.60. The van der Waals surface area contributed by atoms with Crippen LogP contribution in [0.25, 0.3) is 0 Å². The van der Waals surface area contributed by atoms with Crippen molar-refractivity contribution in [3.05, 3.63) is 143 Å². The zero-order valence-electron chi connectivity index (χ0n) is 27.7. The number of nitrogens with one attached hydrogen (secondary N) is 4. The molecule has 4 aromatic carbocycles. The topological polar surface area (TPSA) is 116 Å². The lowest BCUT2D eigenvalue weighted by molar-refractivity contribution is -0.122. The van der Waals surface area contributed by atoms with Crippen molar-refractivity contribution in [1.82, 2.24) is 20.7 Å². The van der Waals surface area contributed by atoms with E-state index in [9.17, 15) is 19.2 Å². The highest BCUT2D eigenvalue weighted by Gasteiger charge is 2.36. The predicted octanol–water partition coefficient (Wildman–Crippen LogP) is 6.53. The molecule has 2 atom stereocenters. The Morgan fingerprint density at radius 1 is 0.646 bits per heavy atom. The number of benzene rings is 4. The Balaban J connectivity index is 1.54. The Morgan fingerprint density at radius 2 is 1.12 bits per heavy atom. The first-order valence-electron chi connectivity index (χ1n) is 16.0. The van der Waals surface area contributed by atoms with E-state index in [0.717, 1.165) is 22.3 Å². The largest absolute Gasteiger partial charge is 0.354 e. The molecular weight excluding hydrogens is 641 g/mol. The van der Waals surface area contributed by atoms with Crippen LogP contribution in [0.5, 0.6) is 0 Å². The Morgan fingerprint density at radius 3 is 1.62 bits per heavy atom. The van der Waals surface area contributed by atoms with Gasteiger partial charge in [-0.05, 0) is 71.3 Å². The molecule has 0 saturated carbocycles. The van der Waals surface area contributed by atoms with E-state index in [1.165, 1.54) is 10.8 Å². The van der Waals surface area contributed by atoms with Crippen LogP contribution in [0.3, 0.4) is 0 Å². The van der Waals surface area contributed by atoms with E-state index in [-0.39, 0.29) is 22.8 Å². The van der Waals surface area contributed by atoms with E-state index < -0.39 is 21.2 Å². The molecule has 10 heteroatoms. The normalized spacial score (nSPS) is 13.3. The van der Waals surface area contributed by atoms with Crippen LogP contribution in [0, 0.1) is 13.8 Å². The fourth-order valence-electron chi connectivity index (χ4n) is 4.81. The van der Waals surface area contributed by atoms with Gasteiger partial charge in [-0.3, -0.25) is 23.9 Å². The number of hydrogen-bond donors (Lipinski definition) is 4. The molecule has 4 N–H and O–H groups in total. The van der Waals surface area contributed by atoms with Gasteiger partial charge >= 0.3 is 0 Å². The first-order valence-corrected chi connectivity index (χ1v) is 19.3. The number of carbonyl (C=O) groups is 4. The zero-order chi connectivity index (χ0) is 34.4. The summed E-state index contributed by atoms with van der Waals surface area (Å²) < 4.78 is 3.07. The minimum atomic E-state index is -2.59. The maximum atomic E-state index is 14.0. The minimum Gasteiger partial charge on any atom is -0.354 e. The minimum absolute atomic E-state index is 0.0677. The highest BCUT2D eigenvalue weighted by Crippen LogP contribution is 2.57. The van der Waals surface area contributed by atoms with E-state index in [0.29, 0.717) is 42.8 Å². The van der Waals surface area contributed by atoms with Crippen LogP contribution in [0.1, 0.15) is 49.9 Å². The molecule has 0 aromatic heterocycles. The Kier molecular flexibility index (Phi) is 13.7. The van der Waals surface area contributed by atoms with Crippen LogP contribution >= 0.6 is 20.0 Å². The fraction of sp³-hybridized carbons (Fsp3) is 0.263. The Hall–Kier alpha value is -4.54. The summed E-state index contributed by atoms with van der Waals surface area (Å²) in [6, 6.07) is 32.9. The molecule has 0 radical (unpaired) electrons. The lowest BCUT2D eigenvalue weighted by Gasteiger charge is -2.37. The third-order valence-corrected chi connectivity index (χ3v) is 13.7. The third kappa shape index (κ3) is 10.7. The van der Waals surface area contributed by atoms with Gasteiger partial charge in [0.25, 0.3) is 17.1 Å². The van der Waals surface area contributed by atoms with Crippen molar-refractivity contribution in [2.75, 3.05) is 24.6 Å².